The molecule has 6 heteroatoms. The van der Waals surface area contributed by atoms with Gasteiger partial charge in [0.15, 0.2) is 0 Å². The first-order valence-electron chi connectivity index (χ1n) is 11.0. The lowest BCUT2D eigenvalue weighted by atomic mass is 9.67. The molecule has 174 valence electrons. The zero-order valence-electron chi connectivity index (χ0n) is 20.0. The van der Waals surface area contributed by atoms with Crippen molar-refractivity contribution >= 4 is 11.9 Å². The minimum atomic E-state index is -1.36. The molecule has 33 heavy (non-hydrogen) atoms. The molecule has 2 aliphatic heterocycles. The molecule has 0 aromatic heterocycles. The maximum absolute atomic E-state index is 13.4. The molecule has 2 aromatic rings. The third kappa shape index (κ3) is 3.44. The number of hydrogen-bond acceptors (Lipinski definition) is 6. The molecular weight excluding hydrogens is 420 g/mol. The van der Waals surface area contributed by atoms with E-state index < -0.39 is 28.7 Å². The van der Waals surface area contributed by atoms with Gasteiger partial charge in [0.2, 0.25) is 5.79 Å². The second-order valence-electron chi connectivity index (χ2n) is 9.16. The van der Waals surface area contributed by atoms with Gasteiger partial charge in [-0.3, -0.25) is 4.79 Å². The standard InChI is InChI=1S/C27H30O6/c1-17-7-11-20(12-8-17)27(21-13-9-18(2)10-14-21)16-26(24(29)31-6)15-22(23(28)30-5)19(3)32-25(26,4)33-27/h7-14H,15-16H2,1-6H3. The van der Waals surface area contributed by atoms with Crippen LogP contribution in [0.1, 0.15) is 48.9 Å². The smallest absolute Gasteiger partial charge is 0.337 e. The first-order chi connectivity index (χ1) is 15.6. The van der Waals surface area contributed by atoms with Gasteiger partial charge in [-0.05, 0) is 31.9 Å². The number of benzene rings is 2. The number of allylic oxidation sites excluding steroid dienone is 1. The molecule has 0 aliphatic carbocycles. The average molecular weight is 451 g/mol. The highest BCUT2D eigenvalue weighted by molar-refractivity contribution is 5.91. The van der Waals surface area contributed by atoms with E-state index in [1.165, 1.54) is 14.2 Å². The molecule has 2 atom stereocenters. The van der Waals surface area contributed by atoms with E-state index >= 15 is 0 Å². The topological polar surface area (TPSA) is 71.1 Å². The summed E-state index contributed by atoms with van der Waals surface area (Å²) in [5.74, 6) is -1.99. The predicted octanol–water partition coefficient (Wildman–Crippen LogP) is 4.71. The zero-order valence-corrected chi connectivity index (χ0v) is 20.0. The highest BCUT2D eigenvalue weighted by Crippen LogP contribution is 2.63. The molecule has 0 saturated carbocycles. The van der Waals surface area contributed by atoms with E-state index in [9.17, 15) is 9.59 Å². The van der Waals surface area contributed by atoms with Gasteiger partial charge in [0.1, 0.15) is 16.8 Å². The Hall–Kier alpha value is -3.12. The lowest BCUT2D eigenvalue weighted by Crippen LogP contribution is -2.53. The van der Waals surface area contributed by atoms with Crippen LogP contribution < -0.4 is 0 Å². The number of methoxy groups -OCH3 is 2. The zero-order chi connectivity index (χ0) is 24.0. The van der Waals surface area contributed by atoms with Crippen molar-refractivity contribution in [2.24, 2.45) is 5.41 Å². The second-order valence-corrected chi connectivity index (χ2v) is 9.16. The van der Waals surface area contributed by atoms with Gasteiger partial charge < -0.3 is 18.9 Å². The molecule has 4 rings (SSSR count). The van der Waals surface area contributed by atoms with Crippen molar-refractivity contribution in [3.8, 4) is 0 Å². The number of carbonyl (C=O) groups excluding carboxylic acids is 2. The summed E-state index contributed by atoms with van der Waals surface area (Å²) in [5.41, 5.74) is 2.09. The lowest BCUT2D eigenvalue weighted by molar-refractivity contribution is -0.261. The quantitative estimate of drug-likeness (QED) is 0.629. The fourth-order valence-corrected chi connectivity index (χ4v) is 5.17. The van der Waals surface area contributed by atoms with Crippen LogP contribution in [0.4, 0.5) is 0 Å². The van der Waals surface area contributed by atoms with Crippen molar-refractivity contribution < 1.29 is 28.5 Å². The summed E-state index contributed by atoms with van der Waals surface area (Å²) in [6, 6.07) is 16.2. The van der Waals surface area contributed by atoms with Crippen molar-refractivity contribution in [3.05, 3.63) is 82.1 Å². The summed E-state index contributed by atoms with van der Waals surface area (Å²) in [4.78, 5) is 26.0. The van der Waals surface area contributed by atoms with E-state index in [0.29, 0.717) is 11.3 Å². The Bertz CT molecular complexity index is 1070. The monoisotopic (exact) mass is 450 g/mol. The predicted molar refractivity (Wildman–Crippen MR) is 122 cm³/mol. The third-order valence-corrected chi connectivity index (χ3v) is 7.08. The van der Waals surface area contributed by atoms with Crippen molar-refractivity contribution in [1.82, 2.24) is 0 Å². The lowest BCUT2D eigenvalue weighted by Gasteiger charge is -2.43. The van der Waals surface area contributed by atoms with Crippen LogP contribution in [0.2, 0.25) is 0 Å². The van der Waals surface area contributed by atoms with Gasteiger partial charge in [-0.2, -0.15) is 0 Å². The summed E-state index contributed by atoms with van der Waals surface area (Å²) in [5, 5.41) is 0. The van der Waals surface area contributed by atoms with E-state index in [1.54, 1.807) is 13.8 Å². The van der Waals surface area contributed by atoms with Gasteiger partial charge >= 0.3 is 11.9 Å². The Kier molecular flexibility index (Phi) is 5.61. The summed E-state index contributed by atoms with van der Waals surface area (Å²) in [6.07, 6.45) is 0.331. The van der Waals surface area contributed by atoms with Gasteiger partial charge in [-0.15, -0.1) is 0 Å². The molecule has 0 N–H and O–H groups in total. The van der Waals surface area contributed by atoms with Crippen LogP contribution in [0, 0.1) is 19.3 Å². The fourth-order valence-electron chi connectivity index (χ4n) is 5.17. The minimum Gasteiger partial charge on any atom is -0.468 e. The molecule has 2 heterocycles. The Morgan fingerprint density at radius 1 is 0.848 bits per heavy atom. The van der Waals surface area contributed by atoms with Crippen LogP contribution in [0.3, 0.4) is 0 Å². The summed E-state index contributed by atoms with van der Waals surface area (Å²) < 4.78 is 23.4. The highest BCUT2D eigenvalue weighted by Gasteiger charge is 2.71. The summed E-state index contributed by atoms with van der Waals surface area (Å²) in [6.45, 7) is 7.49. The summed E-state index contributed by atoms with van der Waals surface area (Å²) in [7, 11) is 2.66. The molecule has 6 nitrogen and oxygen atoms in total. The Morgan fingerprint density at radius 3 is 1.82 bits per heavy atom. The largest absolute Gasteiger partial charge is 0.468 e. The Balaban J connectivity index is 1.95. The minimum absolute atomic E-state index is 0.0914. The molecular formula is C27H30O6. The van der Waals surface area contributed by atoms with Crippen molar-refractivity contribution in [1.29, 1.82) is 0 Å². The molecule has 0 spiro atoms. The first-order valence-corrected chi connectivity index (χ1v) is 11.0. The molecule has 0 bridgehead atoms. The van der Waals surface area contributed by atoms with Crippen molar-refractivity contribution in [2.75, 3.05) is 14.2 Å². The van der Waals surface area contributed by atoms with Gasteiger partial charge in [0.05, 0.1) is 19.8 Å². The number of aryl methyl sites for hydroxylation is 2. The number of esters is 2. The van der Waals surface area contributed by atoms with E-state index in [-0.39, 0.29) is 12.8 Å². The van der Waals surface area contributed by atoms with Crippen LogP contribution in [0.15, 0.2) is 59.9 Å². The van der Waals surface area contributed by atoms with Crippen LogP contribution in [-0.4, -0.2) is 31.9 Å². The SMILES string of the molecule is COC(=O)C1=C(C)OC2(C)OC(c3ccc(C)cc3)(c3ccc(C)cc3)CC2(C(=O)OC)C1. The maximum atomic E-state index is 13.4. The molecule has 0 radical (unpaired) electrons. The normalized spacial score (nSPS) is 25.8. The van der Waals surface area contributed by atoms with Crippen molar-refractivity contribution in [3.63, 3.8) is 0 Å². The van der Waals surface area contributed by atoms with Gasteiger partial charge in [-0.1, -0.05) is 59.7 Å². The molecule has 2 unspecified atom stereocenters. The fraction of sp³-hybridized carbons (Fsp3) is 0.407. The summed E-state index contributed by atoms with van der Waals surface area (Å²) >= 11 is 0. The number of carbonyl (C=O) groups is 2. The average Bonchev–Trinajstić information content (AvgIpc) is 3.08. The van der Waals surface area contributed by atoms with E-state index in [4.69, 9.17) is 18.9 Å². The van der Waals surface area contributed by atoms with Crippen molar-refractivity contribution in [2.45, 2.75) is 51.9 Å². The van der Waals surface area contributed by atoms with E-state index in [2.05, 4.69) is 0 Å². The van der Waals surface area contributed by atoms with E-state index in [1.807, 2.05) is 62.4 Å². The number of ether oxygens (including phenoxy) is 4. The van der Waals surface area contributed by atoms with Crippen LogP contribution >= 0.6 is 0 Å². The Morgan fingerprint density at radius 2 is 1.36 bits per heavy atom. The molecule has 2 aromatic carbocycles. The van der Waals surface area contributed by atoms with Crippen LogP contribution in [0.25, 0.3) is 0 Å². The molecule has 1 fully saturated rings. The second kappa shape index (κ2) is 8.03. The third-order valence-electron chi connectivity index (χ3n) is 7.08. The molecule has 2 aliphatic rings. The van der Waals surface area contributed by atoms with E-state index in [0.717, 1.165) is 22.3 Å². The Labute approximate surface area is 194 Å². The van der Waals surface area contributed by atoms with Gasteiger partial charge in [0, 0.05) is 19.8 Å². The van der Waals surface area contributed by atoms with Crippen LogP contribution in [0.5, 0.6) is 0 Å². The number of hydrogen-bond donors (Lipinski definition) is 0. The first kappa shape index (κ1) is 23.1. The van der Waals surface area contributed by atoms with Gasteiger partial charge in [-0.25, -0.2) is 4.79 Å². The molecule has 0 amide bonds. The molecule has 1 saturated heterocycles. The van der Waals surface area contributed by atoms with Gasteiger partial charge in [0.25, 0.3) is 0 Å². The number of fused-ring (bicyclic) bond motifs is 1. The maximum Gasteiger partial charge on any atom is 0.337 e. The number of rotatable bonds is 4. The highest BCUT2D eigenvalue weighted by atomic mass is 16.7. The van der Waals surface area contributed by atoms with Crippen LogP contribution in [-0.2, 0) is 34.1 Å².